The first-order valence-corrected chi connectivity index (χ1v) is 25.7. The highest BCUT2D eigenvalue weighted by Gasteiger charge is 2.35. The average Bonchev–Trinajstić information content (AvgIpc) is 3.20. The monoisotopic (exact) mass is 895 g/mol. The Morgan fingerprint density at radius 2 is 0.828 bits per heavy atom. The normalized spacial score (nSPS) is 15.5. The minimum atomic E-state index is -3.73. The van der Waals surface area contributed by atoms with E-state index in [1.807, 2.05) is 32.1 Å². The Morgan fingerprint density at radius 3 is 1.11 bits per heavy atom. The van der Waals surface area contributed by atoms with E-state index in [0.717, 1.165) is 107 Å². The molecule has 2 unspecified atom stereocenters. The summed E-state index contributed by atoms with van der Waals surface area (Å²) in [6, 6.07) is 6.91. The summed E-state index contributed by atoms with van der Waals surface area (Å²) in [6.07, 6.45) is 39.8. The number of allylic oxidation sites excluding steroid dienone is 17. The third-order valence-corrected chi connectivity index (χ3v) is 14.0. The van der Waals surface area contributed by atoms with Crippen molar-refractivity contribution in [1.82, 2.24) is 0 Å². The Kier molecular flexibility index (Phi) is 28.9. The molecule has 0 saturated heterocycles. The van der Waals surface area contributed by atoms with Crippen molar-refractivity contribution in [2.24, 2.45) is 0 Å². The molecule has 4 nitrogen and oxygen atoms in total. The van der Waals surface area contributed by atoms with E-state index in [1.165, 1.54) is 64.0 Å². The van der Waals surface area contributed by atoms with Crippen LogP contribution in [0.25, 0.3) is 0 Å². The predicted octanol–water partition coefficient (Wildman–Crippen LogP) is 17.8. The summed E-state index contributed by atoms with van der Waals surface area (Å²) in [5.41, 5.74) is 12.5. The number of sulfone groups is 1. The van der Waals surface area contributed by atoms with Crippen LogP contribution in [0, 0.1) is 6.92 Å². The van der Waals surface area contributed by atoms with Crippen molar-refractivity contribution in [1.29, 1.82) is 0 Å². The summed E-state index contributed by atoms with van der Waals surface area (Å²) in [5.74, 6) is -0.470. The van der Waals surface area contributed by atoms with Crippen molar-refractivity contribution in [2.45, 2.75) is 215 Å². The van der Waals surface area contributed by atoms with E-state index in [9.17, 15) is 13.2 Å². The van der Waals surface area contributed by atoms with Crippen molar-refractivity contribution in [2.75, 3.05) is 0 Å². The first-order chi connectivity index (χ1) is 30.1. The minimum Gasteiger partial charge on any atom is -0.455 e. The smallest absolute Gasteiger partial charge is 0.303 e. The van der Waals surface area contributed by atoms with Gasteiger partial charge in [-0.05, 0) is 204 Å². The van der Waals surface area contributed by atoms with E-state index >= 15 is 0 Å². The molecule has 0 N–H and O–H groups in total. The molecule has 2 atom stereocenters. The average molecular weight is 895 g/mol. The molecule has 64 heavy (non-hydrogen) atoms. The maximum Gasteiger partial charge on any atom is 0.303 e. The van der Waals surface area contributed by atoms with Gasteiger partial charge in [0.25, 0.3) is 0 Å². The fourth-order valence-corrected chi connectivity index (χ4v) is 9.41. The summed E-state index contributed by atoms with van der Waals surface area (Å²) < 4.78 is 33.2. The van der Waals surface area contributed by atoms with Gasteiger partial charge in [0.1, 0.15) is 5.60 Å². The standard InChI is InChI=1S/C59H90O4S/c1-15-59(14,63-56(13)60)45-58(64(61,62)57-42-40-54(11)41-43-57)44-55(12)39-23-38-53(10)37-22-36-52(9)35-21-34-51(8)33-20-32-50(7)31-19-30-49(6)29-18-28-48(5)27-17-26-47(4)25-16-24-46(2)3/h15,24,26,28,30,32,34,36,38,40-44,58H,1,16-23,25,27,29,31,33,35,37,39,45H2,2-14H3/b47-26+,48-28+,49-30+,50-32+,51-34+,52-36+,53-38+,55-44-. The van der Waals surface area contributed by atoms with Gasteiger partial charge in [-0.1, -0.05) is 129 Å². The van der Waals surface area contributed by atoms with Crippen LogP contribution in [-0.2, 0) is 19.4 Å². The van der Waals surface area contributed by atoms with Crippen molar-refractivity contribution >= 4 is 15.8 Å². The number of aryl methyl sites for hydroxylation is 1. The highest BCUT2D eigenvalue weighted by atomic mass is 32.2. The van der Waals surface area contributed by atoms with Crippen LogP contribution in [-0.4, -0.2) is 25.2 Å². The van der Waals surface area contributed by atoms with Crippen LogP contribution >= 0.6 is 0 Å². The van der Waals surface area contributed by atoms with E-state index in [-0.39, 0.29) is 11.3 Å². The third-order valence-electron chi connectivity index (χ3n) is 11.9. The number of esters is 1. The lowest BCUT2D eigenvalue weighted by Crippen LogP contribution is -2.35. The van der Waals surface area contributed by atoms with E-state index in [2.05, 4.69) is 118 Å². The van der Waals surface area contributed by atoms with E-state index in [0.29, 0.717) is 0 Å². The highest BCUT2D eigenvalue weighted by molar-refractivity contribution is 7.92. The van der Waals surface area contributed by atoms with Gasteiger partial charge in [-0.2, -0.15) is 0 Å². The van der Waals surface area contributed by atoms with Crippen LogP contribution in [0.1, 0.15) is 198 Å². The molecule has 0 bridgehead atoms. The lowest BCUT2D eigenvalue weighted by molar-refractivity contribution is -0.151. The molecule has 1 rings (SSSR count). The van der Waals surface area contributed by atoms with Gasteiger partial charge in [0.2, 0.25) is 0 Å². The van der Waals surface area contributed by atoms with E-state index < -0.39 is 26.7 Å². The largest absolute Gasteiger partial charge is 0.455 e. The molecule has 0 aliphatic rings. The SMILES string of the molecule is C=CC(C)(CC(/C=C(/C)CC/C=C(\C)CC/C=C(\C)CC/C=C(\C)CC/C=C(\C)CC/C=C(\C)CC/C=C(\C)CC/C=C(\C)CCC=C(C)C)S(=O)(=O)c1ccc(C)cc1)OC(C)=O. The van der Waals surface area contributed by atoms with Gasteiger partial charge in [0.05, 0.1) is 10.1 Å². The Balaban J connectivity index is 2.51. The zero-order valence-corrected chi connectivity index (χ0v) is 43.7. The van der Waals surface area contributed by atoms with Gasteiger partial charge in [-0.25, -0.2) is 8.42 Å². The molecule has 0 aliphatic heterocycles. The molecule has 0 saturated carbocycles. The van der Waals surface area contributed by atoms with Gasteiger partial charge in [-0.3, -0.25) is 4.79 Å². The van der Waals surface area contributed by atoms with E-state index in [1.54, 1.807) is 19.1 Å². The summed E-state index contributed by atoms with van der Waals surface area (Å²) in [6.45, 7) is 30.9. The number of carbonyl (C=O) groups is 1. The summed E-state index contributed by atoms with van der Waals surface area (Å²) in [5, 5.41) is -0.869. The van der Waals surface area contributed by atoms with Gasteiger partial charge in [0.15, 0.2) is 9.84 Å². The fourth-order valence-electron chi connectivity index (χ4n) is 7.58. The van der Waals surface area contributed by atoms with Crippen LogP contribution in [0.3, 0.4) is 0 Å². The molecule has 0 spiro atoms. The second-order valence-electron chi connectivity index (χ2n) is 19.2. The molecule has 0 aromatic heterocycles. The second-order valence-corrected chi connectivity index (χ2v) is 21.3. The highest BCUT2D eigenvalue weighted by Crippen LogP contribution is 2.30. The predicted molar refractivity (Wildman–Crippen MR) is 280 cm³/mol. The van der Waals surface area contributed by atoms with Gasteiger partial charge < -0.3 is 4.74 Å². The van der Waals surface area contributed by atoms with Gasteiger partial charge in [0, 0.05) is 13.3 Å². The maximum absolute atomic E-state index is 13.9. The molecular formula is C59H90O4S. The number of benzene rings is 1. The lowest BCUT2D eigenvalue weighted by Gasteiger charge is -2.29. The zero-order valence-electron chi connectivity index (χ0n) is 42.9. The van der Waals surface area contributed by atoms with Gasteiger partial charge >= 0.3 is 5.97 Å². The molecule has 1 aromatic rings. The maximum atomic E-state index is 13.9. The fraction of sp³-hybridized carbons (Fsp3) is 0.542. The first kappa shape index (κ1) is 58.1. The van der Waals surface area contributed by atoms with Crippen molar-refractivity contribution in [3.63, 3.8) is 0 Å². The molecule has 0 aliphatic carbocycles. The zero-order chi connectivity index (χ0) is 48.1. The number of carbonyl (C=O) groups excluding carboxylic acids is 1. The number of hydrogen-bond donors (Lipinski definition) is 0. The molecule has 0 heterocycles. The summed E-state index contributed by atoms with van der Waals surface area (Å²) >= 11 is 0. The molecule has 5 heteroatoms. The Labute approximate surface area is 394 Å². The van der Waals surface area contributed by atoms with Crippen molar-refractivity contribution in [3.8, 4) is 0 Å². The molecule has 0 radical (unpaired) electrons. The van der Waals surface area contributed by atoms with Crippen molar-refractivity contribution < 1.29 is 17.9 Å². The molecule has 0 amide bonds. The molecule has 356 valence electrons. The molecule has 0 fully saturated rings. The minimum absolute atomic E-state index is 0.0879. The topological polar surface area (TPSA) is 60.4 Å². The lowest BCUT2D eigenvalue weighted by atomic mass is 9.97. The van der Waals surface area contributed by atoms with E-state index in [4.69, 9.17) is 4.74 Å². The van der Waals surface area contributed by atoms with Crippen molar-refractivity contribution in [3.05, 3.63) is 147 Å². The first-order valence-electron chi connectivity index (χ1n) is 24.2. The number of hydrogen-bond acceptors (Lipinski definition) is 4. The quantitative estimate of drug-likeness (QED) is 0.0550. The van der Waals surface area contributed by atoms with Gasteiger partial charge in [-0.15, -0.1) is 0 Å². The van der Waals surface area contributed by atoms with Crippen LogP contribution in [0.5, 0.6) is 0 Å². The van der Waals surface area contributed by atoms with Crippen LogP contribution in [0.2, 0.25) is 0 Å². The molecular weight excluding hydrogens is 805 g/mol. The third kappa shape index (κ3) is 27.4. The number of rotatable bonds is 31. The Morgan fingerprint density at radius 1 is 0.531 bits per heavy atom. The Bertz CT molecular complexity index is 1980. The second kappa shape index (κ2) is 31.8. The molecule has 1 aromatic carbocycles. The Hall–Kier alpha value is -3.96. The summed E-state index contributed by atoms with van der Waals surface area (Å²) in [4.78, 5) is 12.1. The van der Waals surface area contributed by atoms with Crippen LogP contribution in [0.4, 0.5) is 0 Å². The summed E-state index contributed by atoms with van der Waals surface area (Å²) in [7, 11) is -3.73. The number of ether oxygens (including phenoxy) is 1. The van der Waals surface area contributed by atoms with Crippen LogP contribution in [0.15, 0.2) is 147 Å². The van der Waals surface area contributed by atoms with Crippen LogP contribution < -0.4 is 0 Å².